The van der Waals surface area contributed by atoms with E-state index in [1.165, 1.54) is 16.2 Å². The average Bonchev–Trinajstić information content (AvgIpc) is 3.70. The van der Waals surface area contributed by atoms with Crippen molar-refractivity contribution in [3.8, 4) is 22.1 Å². The van der Waals surface area contributed by atoms with Crippen molar-refractivity contribution in [2.24, 2.45) is 0 Å². The highest BCUT2D eigenvalue weighted by atomic mass is 35.5. The molecule has 1 saturated heterocycles. The molecule has 5 rings (SSSR count). The molecule has 0 bridgehead atoms. The summed E-state index contributed by atoms with van der Waals surface area (Å²) in [5, 5.41) is 14.7. The number of fused-ring (bicyclic) bond motifs is 1. The topological polar surface area (TPSA) is 110 Å². The van der Waals surface area contributed by atoms with Crippen LogP contribution in [0.2, 0.25) is 4.34 Å². The van der Waals surface area contributed by atoms with Gasteiger partial charge in [0.1, 0.15) is 29.4 Å². The van der Waals surface area contributed by atoms with E-state index in [0.717, 1.165) is 18.0 Å². The number of hydrogen-bond acceptors (Lipinski definition) is 8. The monoisotopic (exact) mass is 600 g/mol. The molecule has 218 valence electrons. The number of likely N-dealkylation sites (tertiary alicyclic amines) is 1. The second-order valence-electron chi connectivity index (χ2n) is 10.3. The summed E-state index contributed by atoms with van der Waals surface area (Å²) in [6.45, 7) is 5.66. The molecule has 10 nitrogen and oxygen atoms in total. The molecular weight excluding hydrogens is 568 g/mol. The number of benzene rings is 1. The second kappa shape index (κ2) is 12.1. The Balaban J connectivity index is 1.58. The Morgan fingerprint density at radius 1 is 1.15 bits per heavy atom. The third-order valence-corrected chi connectivity index (χ3v) is 8.82. The number of carbonyl (C=O) groups is 2. The van der Waals surface area contributed by atoms with E-state index in [1.807, 2.05) is 12.1 Å². The van der Waals surface area contributed by atoms with Crippen LogP contribution < -0.4 is 9.47 Å². The summed E-state index contributed by atoms with van der Waals surface area (Å²) < 4.78 is 19.4. The maximum atomic E-state index is 14.3. The summed E-state index contributed by atoms with van der Waals surface area (Å²) in [6, 6.07) is 11.0. The van der Waals surface area contributed by atoms with Crippen molar-refractivity contribution >= 4 is 45.7 Å². The molecule has 1 aliphatic heterocycles. The van der Waals surface area contributed by atoms with Gasteiger partial charge in [0, 0.05) is 36.6 Å². The summed E-state index contributed by atoms with van der Waals surface area (Å²) in [6.07, 6.45) is 1.39. The van der Waals surface area contributed by atoms with Gasteiger partial charge in [-0.15, -0.1) is 11.3 Å². The van der Waals surface area contributed by atoms with Crippen molar-refractivity contribution < 1.29 is 28.7 Å². The number of carboxylic acids is 1. The van der Waals surface area contributed by atoms with Gasteiger partial charge in [-0.1, -0.05) is 16.8 Å². The number of carboxylic acid groups (broad SMARTS) is 1. The molecule has 0 aliphatic carbocycles. The van der Waals surface area contributed by atoms with Crippen LogP contribution in [0.3, 0.4) is 0 Å². The summed E-state index contributed by atoms with van der Waals surface area (Å²) in [7, 11) is 3.13. The van der Waals surface area contributed by atoms with E-state index in [9.17, 15) is 14.7 Å². The molecule has 4 heterocycles. The highest BCUT2D eigenvalue weighted by molar-refractivity contribution is 7.19. The first kappa shape index (κ1) is 29.0. The van der Waals surface area contributed by atoms with Gasteiger partial charge in [0.05, 0.1) is 35.5 Å². The zero-order chi connectivity index (χ0) is 29.3. The quantitative estimate of drug-likeness (QED) is 0.255. The lowest BCUT2D eigenvalue weighted by Gasteiger charge is -2.39. The Bertz CT molecular complexity index is 1550. The minimum atomic E-state index is -1.06. The number of ether oxygens (including phenoxy) is 2. The Morgan fingerprint density at radius 2 is 1.85 bits per heavy atom. The van der Waals surface area contributed by atoms with E-state index in [4.69, 9.17) is 25.6 Å². The normalized spacial score (nSPS) is 14.6. The number of thiophene rings is 1. The van der Waals surface area contributed by atoms with E-state index in [1.54, 1.807) is 43.1 Å². The summed E-state index contributed by atoms with van der Waals surface area (Å²) >= 11 is 7.49. The molecule has 0 spiro atoms. The fourth-order valence-corrected chi connectivity index (χ4v) is 6.48. The van der Waals surface area contributed by atoms with Crippen LogP contribution in [0.4, 0.5) is 0 Å². The van der Waals surface area contributed by atoms with Crippen LogP contribution in [0.5, 0.6) is 11.5 Å². The van der Waals surface area contributed by atoms with Gasteiger partial charge in [0.15, 0.2) is 5.76 Å². The Hall–Kier alpha value is -3.54. The molecule has 0 saturated carbocycles. The van der Waals surface area contributed by atoms with Crippen LogP contribution in [-0.2, 0) is 11.3 Å². The van der Waals surface area contributed by atoms with E-state index >= 15 is 0 Å². The van der Waals surface area contributed by atoms with Crippen LogP contribution in [0.15, 0.2) is 40.9 Å². The number of nitrogens with zero attached hydrogens (tertiary/aromatic N) is 4. The molecule has 12 heteroatoms. The zero-order valence-electron chi connectivity index (χ0n) is 23.4. The van der Waals surface area contributed by atoms with Gasteiger partial charge in [-0.25, -0.2) is 0 Å². The van der Waals surface area contributed by atoms with Crippen molar-refractivity contribution in [2.45, 2.75) is 45.3 Å². The van der Waals surface area contributed by atoms with Gasteiger partial charge in [-0.05, 0) is 57.0 Å². The lowest BCUT2D eigenvalue weighted by molar-refractivity contribution is -0.138. The largest absolute Gasteiger partial charge is 0.496 e. The van der Waals surface area contributed by atoms with Crippen molar-refractivity contribution in [3.63, 3.8) is 0 Å². The van der Waals surface area contributed by atoms with Crippen LogP contribution in [0, 0.1) is 0 Å². The zero-order valence-corrected chi connectivity index (χ0v) is 25.0. The predicted molar refractivity (Wildman–Crippen MR) is 157 cm³/mol. The molecule has 3 aromatic heterocycles. The first-order valence-electron chi connectivity index (χ1n) is 13.4. The minimum Gasteiger partial charge on any atom is -0.496 e. The molecule has 1 amide bonds. The van der Waals surface area contributed by atoms with Gasteiger partial charge in [-0.3, -0.25) is 9.59 Å². The van der Waals surface area contributed by atoms with Crippen molar-refractivity contribution in [1.82, 2.24) is 19.5 Å². The highest BCUT2D eigenvalue weighted by Crippen LogP contribution is 2.38. The molecule has 0 unspecified atom stereocenters. The molecular formula is C29H33ClN4O6S. The van der Waals surface area contributed by atoms with Gasteiger partial charge in [0.2, 0.25) is 0 Å². The Morgan fingerprint density at radius 3 is 2.46 bits per heavy atom. The van der Waals surface area contributed by atoms with Gasteiger partial charge in [-0.2, -0.15) is 0 Å². The first-order valence-corrected chi connectivity index (χ1v) is 14.6. The molecule has 41 heavy (non-hydrogen) atoms. The van der Waals surface area contributed by atoms with Crippen LogP contribution in [-0.4, -0.2) is 82.4 Å². The van der Waals surface area contributed by atoms with Crippen molar-refractivity contribution in [3.05, 3.63) is 52.1 Å². The number of rotatable bonds is 10. The van der Waals surface area contributed by atoms with E-state index < -0.39 is 12.5 Å². The van der Waals surface area contributed by atoms with Crippen molar-refractivity contribution in [1.29, 1.82) is 0 Å². The third-order valence-electron chi connectivity index (χ3n) is 7.57. The van der Waals surface area contributed by atoms with Gasteiger partial charge >= 0.3 is 5.97 Å². The minimum absolute atomic E-state index is 0.184. The molecule has 1 fully saturated rings. The molecule has 1 aromatic carbocycles. The standard InChI is InChI=1S/C29H33ClN4O6S/c1-17(2)32-11-9-19(10-12-32)33(16-27(35)36)29(37)21-14-20-22(38-3)5-6-23(39-4)28(20)34(21)15-18-13-24(40-31-18)25-7-8-26(30)41-25/h5-8,13-14,17,19H,9-12,15-16H2,1-4H3,(H,35,36). The fraction of sp³-hybridized carbons (Fsp3) is 0.414. The number of aliphatic carboxylic acids is 1. The fourth-order valence-electron chi connectivity index (χ4n) is 5.49. The summed E-state index contributed by atoms with van der Waals surface area (Å²) in [5.41, 5.74) is 1.54. The molecule has 1 aliphatic rings. The first-order chi connectivity index (χ1) is 19.7. The lowest BCUT2D eigenvalue weighted by Crippen LogP contribution is -2.50. The number of halogens is 1. The van der Waals surface area contributed by atoms with Crippen LogP contribution in [0.1, 0.15) is 42.9 Å². The van der Waals surface area contributed by atoms with Crippen molar-refractivity contribution in [2.75, 3.05) is 33.9 Å². The number of methoxy groups -OCH3 is 2. The smallest absolute Gasteiger partial charge is 0.323 e. The SMILES string of the molecule is COc1ccc(OC)c2c1cc(C(=O)N(CC(=O)O)C1CCN(C(C)C)CC1)n2Cc1cc(-c2ccc(Cl)s2)on1. The van der Waals surface area contributed by atoms with E-state index in [2.05, 4.69) is 23.9 Å². The summed E-state index contributed by atoms with van der Waals surface area (Å²) in [4.78, 5) is 30.9. The lowest BCUT2D eigenvalue weighted by atomic mass is 10.0. The number of amides is 1. The maximum absolute atomic E-state index is 14.3. The summed E-state index contributed by atoms with van der Waals surface area (Å²) in [5.74, 6) is 0.249. The molecule has 4 aromatic rings. The number of aromatic nitrogens is 2. The Kier molecular flexibility index (Phi) is 8.58. The predicted octanol–water partition coefficient (Wildman–Crippen LogP) is 5.48. The Labute approximate surface area is 247 Å². The average molecular weight is 601 g/mol. The van der Waals surface area contributed by atoms with E-state index in [0.29, 0.717) is 62.8 Å². The molecule has 0 radical (unpaired) electrons. The number of carbonyl (C=O) groups excluding carboxylic acids is 1. The second-order valence-corrected chi connectivity index (χ2v) is 12.0. The molecule has 1 N–H and O–H groups in total. The maximum Gasteiger partial charge on any atom is 0.323 e. The van der Waals surface area contributed by atoms with Crippen LogP contribution in [0.25, 0.3) is 21.5 Å². The van der Waals surface area contributed by atoms with E-state index in [-0.39, 0.29) is 18.5 Å². The number of piperidine rings is 1. The highest BCUT2D eigenvalue weighted by Gasteiger charge is 2.33. The van der Waals surface area contributed by atoms with Gasteiger partial charge in [0.25, 0.3) is 5.91 Å². The molecule has 0 atom stereocenters. The number of hydrogen-bond donors (Lipinski definition) is 1. The van der Waals surface area contributed by atoms with Gasteiger partial charge < -0.3 is 33.5 Å². The third kappa shape index (κ3) is 5.93. The van der Waals surface area contributed by atoms with Crippen LogP contribution >= 0.6 is 22.9 Å².